The first-order valence-electron chi connectivity index (χ1n) is 8.57. The molecule has 0 spiro atoms. The van der Waals surface area contributed by atoms with Gasteiger partial charge in [0.15, 0.2) is 0 Å². The average molecular weight is 321 g/mol. The highest BCUT2D eigenvalue weighted by molar-refractivity contribution is 5.96. The molecule has 1 aliphatic rings. The van der Waals surface area contributed by atoms with Crippen LogP contribution < -0.4 is 11.1 Å². The molecule has 6 nitrogen and oxygen atoms in total. The molecule has 0 bridgehead atoms. The Morgan fingerprint density at radius 1 is 1.35 bits per heavy atom. The number of rotatable bonds is 7. The van der Waals surface area contributed by atoms with E-state index in [1.807, 2.05) is 6.92 Å². The van der Waals surface area contributed by atoms with Gasteiger partial charge in [-0.05, 0) is 32.1 Å². The van der Waals surface area contributed by atoms with Crippen molar-refractivity contribution in [2.75, 3.05) is 0 Å². The lowest BCUT2D eigenvalue weighted by molar-refractivity contribution is -0.118. The molecule has 0 radical (unpaired) electrons. The molecule has 1 aliphatic carbocycles. The number of nitrogens with one attached hydrogen (secondary N) is 1. The summed E-state index contributed by atoms with van der Waals surface area (Å²) in [6, 6.07) is -0.205. The maximum atomic E-state index is 12.7. The quantitative estimate of drug-likeness (QED) is 0.806. The van der Waals surface area contributed by atoms with Crippen molar-refractivity contribution >= 4 is 11.8 Å². The minimum absolute atomic E-state index is 0.184. The fourth-order valence-corrected chi connectivity index (χ4v) is 3.43. The highest BCUT2D eigenvalue weighted by Crippen LogP contribution is 2.28. The van der Waals surface area contributed by atoms with E-state index in [0.717, 1.165) is 32.1 Å². The van der Waals surface area contributed by atoms with Gasteiger partial charge in [-0.1, -0.05) is 31.3 Å². The van der Waals surface area contributed by atoms with Crippen LogP contribution in [0.3, 0.4) is 0 Å². The van der Waals surface area contributed by atoms with Gasteiger partial charge in [-0.3, -0.25) is 9.59 Å². The molecule has 3 N–H and O–H groups in total. The Balaban J connectivity index is 2.13. The van der Waals surface area contributed by atoms with Crippen LogP contribution >= 0.6 is 0 Å². The Labute approximate surface area is 137 Å². The molecule has 1 atom stereocenters. The number of hydrogen-bond acceptors (Lipinski definition) is 4. The van der Waals surface area contributed by atoms with Crippen molar-refractivity contribution in [3.05, 3.63) is 17.0 Å². The normalized spacial score (nSPS) is 17.0. The SMILES string of the molecule is CCCc1onc(C)c1C(=O)NC(CC(N)=O)C1CCCCC1. The lowest BCUT2D eigenvalue weighted by Gasteiger charge is -2.30. The van der Waals surface area contributed by atoms with E-state index < -0.39 is 0 Å². The summed E-state index contributed by atoms with van der Waals surface area (Å²) in [5.74, 6) is 0.347. The Kier molecular flexibility index (Phi) is 6.19. The van der Waals surface area contributed by atoms with Crippen molar-refractivity contribution in [1.29, 1.82) is 0 Å². The molecule has 1 unspecified atom stereocenters. The lowest BCUT2D eigenvalue weighted by Crippen LogP contribution is -2.43. The second-order valence-electron chi connectivity index (χ2n) is 6.46. The van der Waals surface area contributed by atoms with Gasteiger partial charge in [-0.2, -0.15) is 0 Å². The topological polar surface area (TPSA) is 98.2 Å². The summed E-state index contributed by atoms with van der Waals surface area (Å²) in [4.78, 5) is 24.1. The van der Waals surface area contributed by atoms with Crippen LogP contribution in [0.1, 0.15) is 73.7 Å². The minimum Gasteiger partial charge on any atom is -0.370 e. The summed E-state index contributed by atoms with van der Waals surface area (Å²) >= 11 is 0. The molecule has 2 amide bonds. The van der Waals surface area contributed by atoms with Gasteiger partial charge in [0, 0.05) is 18.9 Å². The van der Waals surface area contributed by atoms with Crippen LogP contribution in [0.4, 0.5) is 0 Å². The number of aryl methyl sites for hydroxylation is 2. The monoisotopic (exact) mass is 321 g/mol. The third-order valence-electron chi connectivity index (χ3n) is 4.59. The van der Waals surface area contributed by atoms with E-state index in [4.69, 9.17) is 10.3 Å². The van der Waals surface area contributed by atoms with Crippen LogP contribution in [0.15, 0.2) is 4.52 Å². The predicted octanol–water partition coefficient (Wildman–Crippen LogP) is 2.49. The Morgan fingerprint density at radius 3 is 2.65 bits per heavy atom. The zero-order valence-electron chi connectivity index (χ0n) is 14.1. The van der Waals surface area contributed by atoms with Gasteiger partial charge in [0.2, 0.25) is 5.91 Å². The molecule has 1 saturated carbocycles. The molecule has 1 heterocycles. The predicted molar refractivity (Wildman–Crippen MR) is 86.9 cm³/mol. The third kappa shape index (κ3) is 4.56. The molecular formula is C17H27N3O3. The van der Waals surface area contributed by atoms with Crippen molar-refractivity contribution in [2.45, 2.75) is 71.3 Å². The number of nitrogens with zero attached hydrogens (tertiary/aromatic N) is 1. The molecule has 0 aliphatic heterocycles. The first-order chi connectivity index (χ1) is 11.0. The number of hydrogen-bond donors (Lipinski definition) is 2. The molecule has 128 valence electrons. The summed E-state index contributed by atoms with van der Waals surface area (Å²) in [6.07, 6.45) is 7.30. The van der Waals surface area contributed by atoms with E-state index in [-0.39, 0.29) is 24.3 Å². The Morgan fingerprint density at radius 2 is 2.04 bits per heavy atom. The van der Waals surface area contributed by atoms with Crippen molar-refractivity contribution < 1.29 is 14.1 Å². The number of amides is 2. The van der Waals surface area contributed by atoms with Crippen molar-refractivity contribution in [2.24, 2.45) is 11.7 Å². The van der Waals surface area contributed by atoms with Crippen LogP contribution in [0.25, 0.3) is 0 Å². The highest BCUT2D eigenvalue weighted by Gasteiger charge is 2.29. The number of carbonyl (C=O) groups excluding carboxylic acids is 2. The minimum atomic E-state index is -0.378. The molecule has 0 saturated heterocycles. The van der Waals surface area contributed by atoms with Gasteiger partial charge >= 0.3 is 0 Å². The highest BCUT2D eigenvalue weighted by atomic mass is 16.5. The van der Waals surface area contributed by atoms with E-state index >= 15 is 0 Å². The Bertz CT molecular complexity index is 547. The lowest BCUT2D eigenvalue weighted by atomic mass is 9.82. The number of nitrogens with two attached hydrogens (primary N) is 1. The van der Waals surface area contributed by atoms with Gasteiger partial charge in [0.05, 0.1) is 5.69 Å². The van der Waals surface area contributed by atoms with E-state index in [1.165, 1.54) is 6.42 Å². The van der Waals surface area contributed by atoms with Gasteiger partial charge in [0.25, 0.3) is 5.91 Å². The molecule has 0 aromatic carbocycles. The largest absolute Gasteiger partial charge is 0.370 e. The van der Waals surface area contributed by atoms with Crippen molar-refractivity contribution in [3.8, 4) is 0 Å². The first kappa shape index (κ1) is 17.5. The van der Waals surface area contributed by atoms with E-state index in [0.29, 0.717) is 29.4 Å². The van der Waals surface area contributed by atoms with Crippen molar-refractivity contribution in [3.63, 3.8) is 0 Å². The second-order valence-corrected chi connectivity index (χ2v) is 6.46. The van der Waals surface area contributed by atoms with E-state index in [1.54, 1.807) is 6.92 Å². The number of carbonyl (C=O) groups is 2. The van der Waals surface area contributed by atoms with E-state index in [9.17, 15) is 9.59 Å². The maximum absolute atomic E-state index is 12.7. The molecule has 1 aromatic rings. The first-order valence-corrected chi connectivity index (χ1v) is 8.57. The molecular weight excluding hydrogens is 294 g/mol. The summed E-state index contributed by atoms with van der Waals surface area (Å²) in [5, 5.41) is 6.93. The van der Waals surface area contributed by atoms with Gasteiger partial charge in [0.1, 0.15) is 11.3 Å². The van der Waals surface area contributed by atoms with Crippen LogP contribution in [0.2, 0.25) is 0 Å². The number of aromatic nitrogens is 1. The number of primary amides is 1. The summed E-state index contributed by atoms with van der Waals surface area (Å²) < 4.78 is 5.26. The molecule has 2 rings (SSSR count). The zero-order chi connectivity index (χ0) is 16.8. The maximum Gasteiger partial charge on any atom is 0.257 e. The third-order valence-corrected chi connectivity index (χ3v) is 4.59. The smallest absolute Gasteiger partial charge is 0.257 e. The standard InChI is InChI=1S/C17H27N3O3/c1-3-7-14-16(11(2)20-23-14)17(22)19-13(10-15(18)21)12-8-5-4-6-9-12/h12-13H,3-10H2,1-2H3,(H2,18,21)(H,19,22). The fourth-order valence-electron chi connectivity index (χ4n) is 3.43. The molecule has 23 heavy (non-hydrogen) atoms. The molecule has 1 fully saturated rings. The van der Waals surface area contributed by atoms with Gasteiger partial charge < -0.3 is 15.6 Å². The average Bonchev–Trinajstić information content (AvgIpc) is 2.88. The summed E-state index contributed by atoms with van der Waals surface area (Å²) in [6.45, 7) is 3.79. The van der Waals surface area contributed by atoms with Crippen LogP contribution in [0.5, 0.6) is 0 Å². The van der Waals surface area contributed by atoms with Crippen LogP contribution in [0, 0.1) is 12.8 Å². The van der Waals surface area contributed by atoms with Gasteiger partial charge in [-0.25, -0.2) is 0 Å². The molecule has 6 heteroatoms. The van der Waals surface area contributed by atoms with Crippen LogP contribution in [-0.2, 0) is 11.2 Å². The van der Waals surface area contributed by atoms with Crippen LogP contribution in [-0.4, -0.2) is 23.0 Å². The second kappa shape index (κ2) is 8.13. The summed E-state index contributed by atoms with van der Waals surface area (Å²) in [7, 11) is 0. The fraction of sp³-hybridized carbons (Fsp3) is 0.706. The van der Waals surface area contributed by atoms with E-state index in [2.05, 4.69) is 10.5 Å². The van der Waals surface area contributed by atoms with Gasteiger partial charge in [-0.15, -0.1) is 0 Å². The van der Waals surface area contributed by atoms with Crippen molar-refractivity contribution in [1.82, 2.24) is 10.5 Å². The molecule has 1 aromatic heterocycles. The summed E-state index contributed by atoms with van der Waals surface area (Å²) in [5.41, 5.74) is 6.48. The zero-order valence-corrected chi connectivity index (χ0v) is 14.1. The Hall–Kier alpha value is -1.85.